The molecule has 0 bridgehead atoms. The van der Waals surface area contributed by atoms with Crippen molar-refractivity contribution >= 4 is 10.2 Å². The molecule has 1 fully saturated rings. The fraction of sp³-hybridized carbons (Fsp3) is 0.800. The lowest BCUT2D eigenvalue weighted by molar-refractivity contribution is 0.415. The first-order chi connectivity index (χ1) is 7.17. The van der Waals surface area contributed by atoms with Crippen LogP contribution in [0, 0.1) is 12.3 Å². The fourth-order valence-electron chi connectivity index (χ4n) is 1.63. The average molecular weight is 230 g/mol. The first kappa shape index (κ1) is 12.5. The predicted octanol–water partition coefficient (Wildman–Crippen LogP) is 0.720. The summed E-state index contributed by atoms with van der Waals surface area (Å²) in [4.78, 5) is 0. The Bertz CT molecular complexity index is 311. The number of hydrogen-bond donors (Lipinski definition) is 1. The molecule has 1 aliphatic heterocycles. The standard InChI is InChI=1S/C10H18N2O2S/c1-2-3-8-11-15(13,14)12-9-6-4-5-7-10-12/h1,11H,3-10H2. The monoisotopic (exact) mass is 230 g/mol. The van der Waals surface area contributed by atoms with Crippen LogP contribution in [0.5, 0.6) is 0 Å². The highest BCUT2D eigenvalue weighted by molar-refractivity contribution is 7.87. The molecular formula is C10H18N2O2S. The van der Waals surface area contributed by atoms with Crippen molar-refractivity contribution in [1.82, 2.24) is 9.03 Å². The van der Waals surface area contributed by atoms with Gasteiger partial charge < -0.3 is 0 Å². The zero-order valence-electron chi connectivity index (χ0n) is 8.91. The Morgan fingerprint density at radius 2 is 1.80 bits per heavy atom. The van der Waals surface area contributed by atoms with Crippen molar-refractivity contribution in [3.63, 3.8) is 0 Å². The van der Waals surface area contributed by atoms with Crippen molar-refractivity contribution in [3.05, 3.63) is 0 Å². The molecule has 0 spiro atoms. The Morgan fingerprint density at radius 1 is 1.20 bits per heavy atom. The Morgan fingerprint density at radius 3 is 2.33 bits per heavy atom. The summed E-state index contributed by atoms with van der Waals surface area (Å²) in [5.74, 6) is 2.41. The molecule has 1 saturated heterocycles. The number of hydrogen-bond acceptors (Lipinski definition) is 2. The van der Waals surface area contributed by atoms with E-state index >= 15 is 0 Å². The van der Waals surface area contributed by atoms with Crippen molar-refractivity contribution < 1.29 is 8.42 Å². The molecule has 0 unspecified atom stereocenters. The minimum atomic E-state index is -3.29. The maximum Gasteiger partial charge on any atom is 0.279 e. The molecule has 0 aromatic rings. The summed E-state index contributed by atoms with van der Waals surface area (Å²) in [6.45, 7) is 1.59. The van der Waals surface area contributed by atoms with Crippen LogP contribution in [0.4, 0.5) is 0 Å². The van der Waals surface area contributed by atoms with Gasteiger partial charge in [0.15, 0.2) is 0 Å². The van der Waals surface area contributed by atoms with Crippen LogP contribution in [0.15, 0.2) is 0 Å². The van der Waals surface area contributed by atoms with E-state index in [0.29, 0.717) is 26.1 Å². The van der Waals surface area contributed by atoms with Gasteiger partial charge >= 0.3 is 0 Å². The molecule has 5 heteroatoms. The second kappa shape index (κ2) is 6.11. The van der Waals surface area contributed by atoms with E-state index in [-0.39, 0.29) is 0 Å². The number of rotatable bonds is 4. The molecule has 0 atom stereocenters. The van der Waals surface area contributed by atoms with Gasteiger partial charge in [0, 0.05) is 26.1 Å². The van der Waals surface area contributed by atoms with Crippen LogP contribution < -0.4 is 4.72 Å². The van der Waals surface area contributed by atoms with Crippen molar-refractivity contribution in [1.29, 1.82) is 0 Å². The fourth-order valence-corrected chi connectivity index (χ4v) is 2.91. The van der Waals surface area contributed by atoms with Gasteiger partial charge in [-0.25, -0.2) is 4.72 Å². The smallest absolute Gasteiger partial charge is 0.201 e. The highest BCUT2D eigenvalue weighted by Crippen LogP contribution is 2.12. The SMILES string of the molecule is C#CCCNS(=O)(=O)N1CCCCCC1. The molecule has 0 amide bonds. The first-order valence-corrected chi connectivity index (χ1v) is 6.79. The molecule has 0 saturated carbocycles. The molecule has 4 nitrogen and oxygen atoms in total. The zero-order chi connectivity index (χ0) is 11.1. The molecule has 0 aliphatic carbocycles. The summed E-state index contributed by atoms with van der Waals surface area (Å²) >= 11 is 0. The molecule has 1 aliphatic rings. The van der Waals surface area contributed by atoms with Crippen LogP contribution >= 0.6 is 0 Å². The Hall–Kier alpha value is -0.570. The van der Waals surface area contributed by atoms with Gasteiger partial charge in [-0.2, -0.15) is 12.7 Å². The third-order valence-corrected chi connectivity index (χ3v) is 4.07. The van der Waals surface area contributed by atoms with Gasteiger partial charge in [-0.3, -0.25) is 0 Å². The van der Waals surface area contributed by atoms with Crippen molar-refractivity contribution in [2.75, 3.05) is 19.6 Å². The van der Waals surface area contributed by atoms with Crippen LogP contribution in [-0.4, -0.2) is 32.4 Å². The van der Waals surface area contributed by atoms with Crippen LogP contribution in [0.25, 0.3) is 0 Å². The van der Waals surface area contributed by atoms with Crippen LogP contribution in [0.3, 0.4) is 0 Å². The lowest BCUT2D eigenvalue weighted by atomic mass is 10.2. The normalized spacial score (nSPS) is 19.4. The summed E-state index contributed by atoms with van der Waals surface area (Å²) in [5, 5.41) is 0. The largest absolute Gasteiger partial charge is 0.279 e. The van der Waals surface area contributed by atoms with E-state index in [1.165, 1.54) is 4.31 Å². The van der Waals surface area contributed by atoms with Gasteiger partial charge in [-0.1, -0.05) is 12.8 Å². The lowest BCUT2D eigenvalue weighted by Crippen LogP contribution is -2.41. The number of nitrogens with zero attached hydrogens (tertiary/aromatic N) is 1. The Balaban J connectivity index is 2.48. The second-order valence-corrected chi connectivity index (χ2v) is 5.42. The van der Waals surface area contributed by atoms with Crippen LogP contribution in [-0.2, 0) is 10.2 Å². The molecule has 1 heterocycles. The maximum atomic E-state index is 11.8. The van der Waals surface area contributed by atoms with E-state index < -0.39 is 10.2 Å². The summed E-state index contributed by atoms with van der Waals surface area (Å²) in [6, 6.07) is 0. The van der Waals surface area contributed by atoms with E-state index in [2.05, 4.69) is 10.6 Å². The van der Waals surface area contributed by atoms with Crippen molar-refractivity contribution in [2.45, 2.75) is 32.1 Å². The van der Waals surface area contributed by atoms with E-state index in [4.69, 9.17) is 6.42 Å². The average Bonchev–Trinajstić information content (AvgIpc) is 2.46. The third kappa shape index (κ3) is 4.20. The summed E-state index contributed by atoms with van der Waals surface area (Å²) in [5.41, 5.74) is 0. The zero-order valence-corrected chi connectivity index (χ0v) is 9.72. The molecule has 1 N–H and O–H groups in total. The predicted molar refractivity (Wildman–Crippen MR) is 60.4 cm³/mol. The molecule has 0 aromatic heterocycles. The Kier molecular flexibility index (Phi) is 5.09. The van der Waals surface area contributed by atoms with Crippen LogP contribution in [0.2, 0.25) is 0 Å². The minimum Gasteiger partial charge on any atom is -0.201 e. The second-order valence-electron chi connectivity index (χ2n) is 3.67. The van der Waals surface area contributed by atoms with Gasteiger partial charge in [-0.15, -0.1) is 12.3 Å². The number of nitrogens with one attached hydrogen (secondary N) is 1. The molecule has 0 radical (unpaired) electrons. The maximum absolute atomic E-state index is 11.8. The summed E-state index contributed by atoms with van der Waals surface area (Å²) in [7, 11) is -3.29. The highest BCUT2D eigenvalue weighted by Gasteiger charge is 2.21. The molecular weight excluding hydrogens is 212 g/mol. The molecule has 86 valence electrons. The van der Waals surface area contributed by atoms with E-state index in [9.17, 15) is 8.42 Å². The third-order valence-electron chi connectivity index (χ3n) is 2.46. The van der Waals surface area contributed by atoms with Gasteiger partial charge in [0.1, 0.15) is 0 Å². The number of terminal acetylenes is 1. The van der Waals surface area contributed by atoms with E-state index in [1.807, 2.05) is 0 Å². The van der Waals surface area contributed by atoms with Gasteiger partial charge in [0.25, 0.3) is 10.2 Å². The first-order valence-electron chi connectivity index (χ1n) is 5.35. The van der Waals surface area contributed by atoms with Gasteiger partial charge in [-0.05, 0) is 12.8 Å². The lowest BCUT2D eigenvalue weighted by Gasteiger charge is -2.19. The topological polar surface area (TPSA) is 49.4 Å². The summed E-state index contributed by atoms with van der Waals surface area (Å²) < 4.78 is 27.6. The molecule has 1 rings (SSSR count). The summed E-state index contributed by atoms with van der Waals surface area (Å²) in [6.07, 6.45) is 9.65. The van der Waals surface area contributed by atoms with E-state index in [1.54, 1.807) is 0 Å². The van der Waals surface area contributed by atoms with Crippen molar-refractivity contribution in [2.24, 2.45) is 0 Å². The molecule has 15 heavy (non-hydrogen) atoms. The quantitative estimate of drug-likeness (QED) is 0.571. The Labute approximate surface area is 92.2 Å². The van der Waals surface area contributed by atoms with Crippen LogP contribution in [0.1, 0.15) is 32.1 Å². The molecule has 0 aromatic carbocycles. The van der Waals surface area contributed by atoms with Gasteiger partial charge in [0.2, 0.25) is 0 Å². The van der Waals surface area contributed by atoms with Gasteiger partial charge in [0.05, 0.1) is 0 Å². The highest BCUT2D eigenvalue weighted by atomic mass is 32.2. The van der Waals surface area contributed by atoms with E-state index in [0.717, 1.165) is 25.7 Å². The minimum absolute atomic E-state index is 0.329. The van der Waals surface area contributed by atoms with Crippen molar-refractivity contribution in [3.8, 4) is 12.3 Å².